The number of pyridine rings is 1. The number of hydrogen-bond donors (Lipinski definition) is 2. The average Bonchev–Trinajstić information content (AvgIpc) is 2.99. The molecule has 0 bridgehead atoms. The monoisotopic (exact) mass is 333 g/mol. The predicted molar refractivity (Wildman–Crippen MR) is 95.6 cm³/mol. The van der Waals surface area contributed by atoms with Crippen LogP contribution < -0.4 is 10.1 Å². The van der Waals surface area contributed by atoms with Crippen molar-refractivity contribution in [3.8, 4) is 16.9 Å². The van der Waals surface area contributed by atoms with Crippen LogP contribution in [0.3, 0.4) is 0 Å². The molecule has 25 heavy (non-hydrogen) atoms. The van der Waals surface area contributed by atoms with Crippen molar-refractivity contribution in [3.05, 3.63) is 47.3 Å². The molecule has 5 nitrogen and oxygen atoms in total. The summed E-state index contributed by atoms with van der Waals surface area (Å²) < 4.78 is 5.94. The summed E-state index contributed by atoms with van der Waals surface area (Å²) in [6.45, 7) is 2.83. The lowest BCUT2D eigenvalue weighted by Gasteiger charge is -2.31. The number of carbonyl (C=O) groups is 1. The number of β-lactam (4-membered cyclic amide) rings is 1. The summed E-state index contributed by atoms with van der Waals surface area (Å²) in [6.07, 6.45) is 6.47. The number of rotatable bonds is 2. The smallest absolute Gasteiger partial charge is 0.222 e. The molecule has 126 valence electrons. The summed E-state index contributed by atoms with van der Waals surface area (Å²) in [4.78, 5) is 19.1. The lowest BCUT2D eigenvalue weighted by molar-refractivity contribution is -0.128. The molecule has 1 aromatic carbocycles. The second-order valence-corrected chi connectivity index (χ2v) is 6.92. The first-order valence-electron chi connectivity index (χ1n) is 8.72. The van der Waals surface area contributed by atoms with Crippen molar-refractivity contribution < 1.29 is 9.53 Å². The molecule has 1 atom stereocenters. The number of aryl methyl sites for hydroxylation is 2. The first kappa shape index (κ1) is 14.5. The van der Waals surface area contributed by atoms with Crippen molar-refractivity contribution in [2.45, 2.75) is 32.2 Å². The van der Waals surface area contributed by atoms with Gasteiger partial charge in [0.05, 0.1) is 19.1 Å². The fourth-order valence-corrected chi connectivity index (χ4v) is 3.78. The van der Waals surface area contributed by atoms with E-state index in [1.165, 1.54) is 11.1 Å². The number of nitrogens with zero attached hydrogens (tertiary/aromatic N) is 1. The summed E-state index contributed by atoms with van der Waals surface area (Å²) >= 11 is 0. The topological polar surface area (TPSA) is 67.0 Å². The van der Waals surface area contributed by atoms with Crippen LogP contribution in [0.5, 0.6) is 5.75 Å². The zero-order valence-corrected chi connectivity index (χ0v) is 14.1. The van der Waals surface area contributed by atoms with Gasteiger partial charge in [0.2, 0.25) is 5.91 Å². The van der Waals surface area contributed by atoms with E-state index in [0.29, 0.717) is 6.42 Å². The van der Waals surface area contributed by atoms with E-state index in [1.807, 2.05) is 12.4 Å². The van der Waals surface area contributed by atoms with E-state index in [4.69, 9.17) is 4.74 Å². The Balaban J connectivity index is 1.65. The Morgan fingerprint density at radius 3 is 2.96 bits per heavy atom. The minimum absolute atomic E-state index is 0.0602. The molecule has 2 N–H and O–H groups in total. The van der Waals surface area contributed by atoms with Gasteiger partial charge in [-0.2, -0.15) is 0 Å². The number of amides is 1. The van der Waals surface area contributed by atoms with Crippen molar-refractivity contribution >= 4 is 16.9 Å². The highest BCUT2D eigenvalue weighted by molar-refractivity contribution is 5.86. The normalized spacial score (nSPS) is 19.1. The van der Waals surface area contributed by atoms with Crippen molar-refractivity contribution in [3.63, 3.8) is 0 Å². The lowest BCUT2D eigenvalue weighted by atomic mass is 9.89. The fourth-order valence-electron chi connectivity index (χ4n) is 3.78. The van der Waals surface area contributed by atoms with E-state index in [2.05, 4.69) is 40.4 Å². The van der Waals surface area contributed by atoms with E-state index in [0.717, 1.165) is 52.9 Å². The highest BCUT2D eigenvalue weighted by Crippen LogP contribution is 2.40. The molecule has 5 heteroatoms. The molecule has 1 unspecified atom stereocenters. The highest BCUT2D eigenvalue weighted by atomic mass is 16.5. The minimum Gasteiger partial charge on any atom is -0.493 e. The van der Waals surface area contributed by atoms with Gasteiger partial charge in [0, 0.05) is 28.9 Å². The summed E-state index contributed by atoms with van der Waals surface area (Å²) in [5, 5.41) is 4.13. The number of carbonyl (C=O) groups excluding carboxylic acids is 1. The van der Waals surface area contributed by atoms with Gasteiger partial charge in [0.25, 0.3) is 0 Å². The first-order chi connectivity index (χ1) is 12.2. The van der Waals surface area contributed by atoms with Crippen LogP contribution in [0.25, 0.3) is 22.2 Å². The van der Waals surface area contributed by atoms with Crippen LogP contribution in [-0.2, 0) is 11.2 Å². The van der Waals surface area contributed by atoms with Crippen LogP contribution in [0.1, 0.15) is 35.6 Å². The molecule has 5 rings (SSSR count). The molecule has 4 heterocycles. The minimum atomic E-state index is 0.0602. The number of aromatic amines is 1. The quantitative estimate of drug-likeness (QED) is 0.706. The molecule has 2 aromatic heterocycles. The van der Waals surface area contributed by atoms with Gasteiger partial charge in [-0.05, 0) is 54.7 Å². The Morgan fingerprint density at radius 1 is 1.24 bits per heavy atom. The van der Waals surface area contributed by atoms with E-state index in [-0.39, 0.29) is 11.9 Å². The van der Waals surface area contributed by atoms with Gasteiger partial charge >= 0.3 is 0 Å². The lowest BCUT2D eigenvalue weighted by Crippen LogP contribution is -2.41. The van der Waals surface area contributed by atoms with Crippen molar-refractivity contribution in [1.29, 1.82) is 0 Å². The average molecular weight is 333 g/mol. The number of nitrogens with one attached hydrogen (secondary N) is 2. The van der Waals surface area contributed by atoms with Crippen LogP contribution in [0, 0.1) is 6.92 Å². The van der Waals surface area contributed by atoms with Gasteiger partial charge in [-0.15, -0.1) is 0 Å². The zero-order chi connectivity index (χ0) is 17.0. The van der Waals surface area contributed by atoms with Gasteiger partial charge in [0.1, 0.15) is 11.4 Å². The highest BCUT2D eigenvalue weighted by Gasteiger charge is 2.31. The molecule has 2 aliphatic heterocycles. The van der Waals surface area contributed by atoms with Crippen molar-refractivity contribution in [1.82, 2.24) is 15.3 Å². The van der Waals surface area contributed by atoms with E-state index >= 15 is 0 Å². The standard InChI is InChI=1S/C20H19N3O2/c1-11-9-21-20-15(11)7-14(10-22-20)13-5-12-3-2-4-25-19(12)16(6-13)17-8-18(24)23-17/h5-7,9-10,17H,2-4,8H2,1H3,(H,21,22)(H,23,24). The van der Waals surface area contributed by atoms with Crippen LogP contribution in [0.4, 0.5) is 0 Å². The Morgan fingerprint density at radius 2 is 2.12 bits per heavy atom. The van der Waals surface area contributed by atoms with E-state index in [9.17, 15) is 4.79 Å². The van der Waals surface area contributed by atoms with E-state index in [1.54, 1.807) is 0 Å². The van der Waals surface area contributed by atoms with Crippen molar-refractivity contribution in [2.24, 2.45) is 0 Å². The molecule has 1 fully saturated rings. The van der Waals surface area contributed by atoms with Gasteiger partial charge in [-0.3, -0.25) is 4.79 Å². The van der Waals surface area contributed by atoms with Gasteiger partial charge in [-0.25, -0.2) is 4.98 Å². The molecule has 1 saturated heterocycles. The Kier molecular flexibility index (Phi) is 3.10. The fraction of sp³-hybridized carbons (Fsp3) is 0.300. The molecule has 0 saturated carbocycles. The zero-order valence-electron chi connectivity index (χ0n) is 14.1. The molecule has 0 aliphatic carbocycles. The molecule has 2 aliphatic rings. The Bertz CT molecular complexity index is 998. The summed E-state index contributed by atoms with van der Waals surface area (Å²) in [7, 11) is 0. The molecule has 3 aromatic rings. The van der Waals surface area contributed by atoms with Crippen LogP contribution in [0.2, 0.25) is 0 Å². The number of hydrogen-bond acceptors (Lipinski definition) is 3. The van der Waals surface area contributed by atoms with Gasteiger partial charge in [-0.1, -0.05) is 0 Å². The maximum atomic E-state index is 11.4. The molecule has 0 radical (unpaired) electrons. The third kappa shape index (κ3) is 2.30. The maximum Gasteiger partial charge on any atom is 0.222 e. The predicted octanol–water partition coefficient (Wildman–Crippen LogP) is 3.42. The second kappa shape index (κ2) is 5.34. The molecular formula is C20H19N3O2. The number of fused-ring (bicyclic) bond motifs is 2. The number of H-pyrrole nitrogens is 1. The summed E-state index contributed by atoms with van der Waals surface area (Å²) in [5.74, 6) is 1.07. The molecular weight excluding hydrogens is 314 g/mol. The number of aromatic nitrogens is 2. The molecule has 1 amide bonds. The number of benzene rings is 1. The maximum absolute atomic E-state index is 11.4. The van der Waals surface area contributed by atoms with E-state index < -0.39 is 0 Å². The number of ether oxygens (including phenoxy) is 1. The SMILES string of the molecule is Cc1c[nH]c2ncc(-c3cc4c(c(C5CC(=O)N5)c3)OCCC4)cc12. The van der Waals surface area contributed by atoms with Crippen LogP contribution >= 0.6 is 0 Å². The first-order valence-corrected chi connectivity index (χ1v) is 8.72. The van der Waals surface area contributed by atoms with Crippen molar-refractivity contribution in [2.75, 3.05) is 6.61 Å². The van der Waals surface area contributed by atoms with Gasteiger partial charge < -0.3 is 15.0 Å². The largest absolute Gasteiger partial charge is 0.493 e. The third-order valence-electron chi connectivity index (χ3n) is 5.20. The second-order valence-electron chi connectivity index (χ2n) is 6.92. The Labute approximate surface area is 145 Å². The van der Waals surface area contributed by atoms with Gasteiger partial charge in [0.15, 0.2) is 0 Å². The summed E-state index contributed by atoms with van der Waals surface area (Å²) in [6, 6.07) is 6.61. The molecule has 0 spiro atoms. The Hall–Kier alpha value is -2.82. The third-order valence-corrected chi connectivity index (χ3v) is 5.20. The summed E-state index contributed by atoms with van der Waals surface area (Å²) in [5.41, 5.74) is 6.65. The van der Waals surface area contributed by atoms with Crippen LogP contribution in [-0.4, -0.2) is 22.5 Å². The van der Waals surface area contributed by atoms with Crippen LogP contribution in [0.15, 0.2) is 30.6 Å².